The van der Waals surface area contributed by atoms with E-state index in [4.69, 9.17) is 0 Å². The zero-order valence-electron chi connectivity index (χ0n) is 17.4. The fourth-order valence-electron chi connectivity index (χ4n) is 4.87. The van der Waals surface area contributed by atoms with Crippen LogP contribution in [0.3, 0.4) is 0 Å². The number of urea groups is 1. The SMILES string of the molecule is O=C1Nc2ccc(F)cc2C(c2ccccc2)N1C1CCN(Cc2ccccc2)CC1. The lowest BCUT2D eigenvalue weighted by atomic mass is 9.90. The number of benzene rings is 3. The summed E-state index contributed by atoms with van der Waals surface area (Å²) in [5.74, 6) is -0.284. The van der Waals surface area contributed by atoms with Gasteiger partial charge in [-0.05, 0) is 42.2 Å². The summed E-state index contributed by atoms with van der Waals surface area (Å²) in [5.41, 5.74) is 3.83. The zero-order valence-corrected chi connectivity index (χ0v) is 17.4. The van der Waals surface area contributed by atoms with Gasteiger partial charge in [-0.2, -0.15) is 0 Å². The van der Waals surface area contributed by atoms with Gasteiger partial charge in [0.05, 0.1) is 6.04 Å². The van der Waals surface area contributed by atoms with Crippen LogP contribution in [0.4, 0.5) is 14.9 Å². The molecule has 1 unspecified atom stereocenters. The molecular formula is C26H26FN3O. The molecule has 5 rings (SSSR count). The number of fused-ring (bicyclic) bond motifs is 1. The molecule has 0 aromatic heterocycles. The Morgan fingerprint density at radius 2 is 1.58 bits per heavy atom. The number of piperidine rings is 1. The van der Waals surface area contributed by atoms with Crippen LogP contribution in [0.25, 0.3) is 0 Å². The van der Waals surface area contributed by atoms with Crippen molar-refractivity contribution in [2.24, 2.45) is 0 Å². The molecule has 3 aromatic carbocycles. The molecule has 0 saturated carbocycles. The second kappa shape index (κ2) is 8.52. The van der Waals surface area contributed by atoms with Crippen LogP contribution in [0.15, 0.2) is 78.9 Å². The molecule has 158 valence electrons. The summed E-state index contributed by atoms with van der Waals surface area (Å²) in [4.78, 5) is 17.6. The Hall–Kier alpha value is -3.18. The number of nitrogens with one attached hydrogen (secondary N) is 1. The van der Waals surface area contributed by atoms with Crippen molar-refractivity contribution in [3.05, 3.63) is 101 Å². The first-order valence-corrected chi connectivity index (χ1v) is 10.9. The van der Waals surface area contributed by atoms with Crippen molar-refractivity contribution in [2.45, 2.75) is 31.5 Å². The lowest BCUT2D eigenvalue weighted by Gasteiger charge is -2.45. The maximum absolute atomic E-state index is 14.2. The number of hydrogen-bond acceptors (Lipinski definition) is 2. The smallest absolute Gasteiger partial charge is 0.310 e. The minimum absolute atomic E-state index is 0.102. The molecule has 0 aliphatic carbocycles. The number of rotatable bonds is 4. The molecule has 0 spiro atoms. The lowest BCUT2D eigenvalue weighted by molar-refractivity contribution is 0.105. The highest BCUT2D eigenvalue weighted by atomic mass is 19.1. The van der Waals surface area contributed by atoms with E-state index in [2.05, 4.69) is 34.5 Å². The van der Waals surface area contributed by atoms with Crippen LogP contribution in [0.5, 0.6) is 0 Å². The van der Waals surface area contributed by atoms with Gasteiger partial charge in [-0.1, -0.05) is 60.7 Å². The summed E-state index contributed by atoms with van der Waals surface area (Å²) in [7, 11) is 0. The van der Waals surface area contributed by atoms with Crippen molar-refractivity contribution in [2.75, 3.05) is 18.4 Å². The fraction of sp³-hybridized carbons (Fsp3) is 0.269. The molecule has 3 aromatic rings. The average Bonchev–Trinajstić information content (AvgIpc) is 2.80. The second-order valence-corrected chi connectivity index (χ2v) is 8.38. The van der Waals surface area contributed by atoms with Gasteiger partial charge in [0.2, 0.25) is 0 Å². The van der Waals surface area contributed by atoms with Crippen molar-refractivity contribution in [1.82, 2.24) is 9.80 Å². The number of nitrogens with zero attached hydrogens (tertiary/aromatic N) is 2. The lowest BCUT2D eigenvalue weighted by Crippen LogP contribution is -2.52. The Labute approximate surface area is 182 Å². The number of anilines is 1. The number of amides is 2. The largest absolute Gasteiger partial charge is 0.322 e. The van der Waals surface area contributed by atoms with Gasteiger partial charge in [-0.15, -0.1) is 0 Å². The van der Waals surface area contributed by atoms with Crippen molar-refractivity contribution in [3.8, 4) is 0 Å². The quantitative estimate of drug-likeness (QED) is 0.617. The van der Waals surface area contributed by atoms with Crippen molar-refractivity contribution in [3.63, 3.8) is 0 Å². The van der Waals surface area contributed by atoms with Crippen LogP contribution >= 0.6 is 0 Å². The Morgan fingerprint density at radius 1 is 0.903 bits per heavy atom. The van der Waals surface area contributed by atoms with Crippen LogP contribution in [0, 0.1) is 5.82 Å². The molecule has 0 bridgehead atoms. The van der Waals surface area contributed by atoms with E-state index in [0.717, 1.165) is 43.6 Å². The van der Waals surface area contributed by atoms with Gasteiger partial charge in [0, 0.05) is 36.9 Å². The summed E-state index contributed by atoms with van der Waals surface area (Å²) in [5, 5.41) is 2.99. The molecule has 2 aliphatic heterocycles. The average molecular weight is 416 g/mol. The molecule has 2 aliphatic rings. The number of hydrogen-bond donors (Lipinski definition) is 1. The van der Waals surface area contributed by atoms with Crippen LogP contribution in [0.2, 0.25) is 0 Å². The molecule has 1 fully saturated rings. The molecule has 5 heteroatoms. The highest BCUT2D eigenvalue weighted by molar-refractivity contribution is 5.94. The van der Waals surface area contributed by atoms with Gasteiger partial charge in [-0.3, -0.25) is 4.90 Å². The Bertz CT molecular complexity index is 1050. The number of carbonyl (C=O) groups is 1. The number of likely N-dealkylation sites (tertiary alicyclic amines) is 1. The van der Waals surface area contributed by atoms with Crippen molar-refractivity contribution in [1.29, 1.82) is 0 Å². The van der Waals surface area contributed by atoms with Gasteiger partial charge >= 0.3 is 6.03 Å². The Morgan fingerprint density at radius 3 is 2.29 bits per heavy atom. The number of carbonyl (C=O) groups excluding carboxylic acids is 1. The van der Waals surface area contributed by atoms with E-state index in [9.17, 15) is 9.18 Å². The normalized spacial score (nSPS) is 19.7. The molecule has 2 amide bonds. The second-order valence-electron chi connectivity index (χ2n) is 8.38. The van der Waals surface area contributed by atoms with Gasteiger partial charge in [0.25, 0.3) is 0 Å². The summed E-state index contributed by atoms with van der Waals surface area (Å²) in [6, 6.07) is 24.8. The van der Waals surface area contributed by atoms with E-state index in [0.29, 0.717) is 5.69 Å². The Balaban J connectivity index is 1.40. The predicted molar refractivity (Wildman–Crippen MR) is 120 cm³/mol. The highest BCUT2D eigenvalue weighted by Crippen LogP contribution is 2.40. The molecule has 1 saturated heterocycles. The van der Waals surface area contributed by atoms with Gasteiger partial charge < -0.3 is 10.2 Å². The van der Waals surface area contributed by atoms with E-state index >= 15 is 0 Å². The van der Waals surface area contributed by atoms with E-state index in [1.165, 1.54) is 11.6 Å². The molecule has 4 nitrogen and oxygen atoms in total. The number of halogens is 1. The van der Waals surface area contributed by atoms with E-state index in [1.807, 2.05) is 41.3 Å². The van der Waals surface area contributed by atoms with E-state index < -0.39 is 0 Å². The molecule has 1 atom stereocenters. The molecule has 31 heavy (non-hydrogen) atoms. The summed E-state index contributed by atoms with van der Waals surface area (Å²) < 4.78 is 14.2. The zero-order chi connectivity index (χ0) is 21.2. The van der Waals surface area contributed by atoms with Gasteiger partial charge in [0.1, 0.15) is 5.82 Å². The topological polar surface area (TPSA) is 35.6 Å². The van der Waals surface area contributed by atoms with Crippen molar-refractivity contribution >= 4 is 11.7 Å². The van der Waals surface area contributed by atoms with Crippen LogP contribution in [-0.4, -0.2) is 35.0 Å². The standard InChI is InChI=1S/C26H26FN3O/c27-21-11-12-24-23(17-21)25(20-9-5-2-6-10-20)30(26(31)28-24)22-13-15-29(16-14-22)18-19-7-3-1-4-8-19/h1-12,17,22,25H,13-16,18H2,(H,28,31). The molecule has 0 radical (unpaired) electrons. The van der Waals surface area contributed by atoms with Crippen LogP contribution < -0.4 is 5.32 Å². The van der Waals surface area contributed by atoms with Crippen LogP contribution in [0.1, 0.15) is 35.6 Å². The summed E-state index contributed by atoms with van der Waals surface area (Å²) in [6.07, 6.45) is 1.79. The molecule has 1 N–H and O–H groups in total. The first-order valence-electron chi connectivity index (χ1n) is 10.9. The third-order valence-electron chi connectivity index (χ3n) is 6.38. The van der Waals surface area contributed by atoms with E-state index in [-0.39, 0.29) is 23.9 Å². The highest BCUT2D eigenvalue weighted by Gasteiger charge is 2.39. The van der Waals surface area contributed by atoms with Gasteiger partial charge in [0.15, 0.2) is 0 Å². The van der Waals surface area contributed by atoms with Gasteiger partial charge in [-0.25, -0.2) is 9.18 Å². The Kier molecular flexibility index (Phi) is 5.43. The third kappa shape index (κ3) is 4.06. The first-order chi connectivity index (χ1) is 15.2. The van der Waals surface area contributed by atoms with Crippen LogP contribution in [-0.2, 0) is 6.54 Å². The maximum Gasteiger partial charge on any atom is 0.322 e. The summed E-state index contributed by atoms with van der Waals surface area (Å²) >= 11 is 0. The predicted octanol–water partition coefficient (Wildman–Crippen LogP) is 5.43. The monoisotopic (exact) mass is 415 g/mol. The van der Waals surface area contributed by atoms with Crippen molar-refractivity contribution < 1.29 is 9.18 Å². The maximum atomic E-state index is 14.2. The molecular weight excluding hydrogens is 389 g/mol. The third-order valence-corrected chi connectivity index (χ3v) is 6.38. The fourth-order valence-corrected chi connectivity index (χ4v) is 4.87. The minimum atomic E-state index is -0.286. The first kappa shape index (κ1) is 19.8. The minimum Gasteiger partial charge on any atom is -0.310 e. The molecule has 2 heterocycles. The van der Waals surface area contributed by atoms with E-state index in [1.54, 1.807) is 12.1 Å². The summed E-state index contributed by atoms with van der Waals surface area (Å²) in [6.45, 7) is 2.79.